The number of anilines is 1. The van der Waals surface area contributed by atoms with Gasteiger partial charge in [0.25, 0.3) is 0 Å². The molecule has 0 unspecified atom stereocenters. The number of hydrogen-bond donors (Lipinski definition) is 1. The summed E-state index contributed by atoms with van der Waals surface area (Å²) in [7, 11) is 2.10. The summed E-state index contributed by atoms with van der Waals surface area (Å²) in [6.45, 7) is -0.891. The van der Waals surface area contributed by atoms with Crippen molar-refractivity contribution >= 4 is 11.5 Å². The number of fused-ring (bicyclic) bond motifs is 1. The van der Waals surface area contributed by atoms with Crippen LogP contribution in [0.1, 0.15) is 37.2 Å². The second kappa shape index (κ2) is 7.79. The summed E-state index contributed by atoms with van der Waals surface area (Å²) in [6.07, 6.45) is 7.67. The molecule has 1 saturated carbocycles. The van der Waals surface area contributed by atoms with Crippen LogP contribution in [0, 0.1) is 0 Å². The van der Waals surface area contributed by atoms with Crippen LogP contribution in [0.25, 0.3) is 16.8 Å². The Bertz CT molecular complexity index is 1050. The molecular weight excluding hydrogens is 390 g/mol. The highest BCUT2D eigenvalue weighted by Gasteiger charge is 2.26. The monoisotopic (exact) mass is 414 g/mol. The summed E-state index contributed by atoms with van der Waals surface area (Å²) >= 11 is 0. The Labute approximate surface area is 173 Å². The molecule has 1 aliphatic carbocycles. The van der Waals surface area contributed by atoms with E-state index >= 15 is 0 Å². The third-order valence-electron chi connectivity index (χ3n) is 5.84. The number of rotatable bonds is 6. The van der Waals surface area contributed by atoms with E-state index in [1.54, 1.807) is 24.7 Å². The number of nitrogens with zero attached hydrogens (tertiary/aromatic N) is 5. The SMILES string of the molecule is CN1CCC[C@@H](Nc2nnc(-c3ccc(C4CC4)cc3OC(F)F)c3cncn23)C1. The fourth-order valence-electron chi connectivity index (χ4n) is 4.19. The normalized spacial score (nSPS) is 20.1. The molecule has 5 rings (SSSR count). The fourth-order valence-corrected chi connectivity index (χ4v) is 4.19. The summed E-state index contributed by atoms with van der Waals surface area (Å²) in [5, 5.41) is 12.2. The van der Waals surface area contributed by atoms with Gasteiger partial charge in [-0.25, -0.2) is 4.98 Å². The number of likely N-dealkylation sites (tertiary alicyclic amines) is 1. The maximum Gasteiger partial charge on any atom is 0.387 e. The minimum atomic E-state index is -2.91. The number of halogens is 2. The Kier molecular flexibility index (Phi) is 4.98. The maximum atomic E-state index is 13.1. The van der Waals surface area contributed by atoms with Gasteiger partial charge in [-0.3, -0.25) is 4.40 Å². The van der Waals surface area contributed by atoms with Crippen LogP contribution in [0.2, 0.25) is 0 Å². The Morgan fingerprint density at radius 3 is 2.83 bits per heavy atom. The topological polar surface area (TPSA) is 67.6 Å². The quantitative estimate of drug-likeness (QED) is 0.662. The molecule has 158 valence electrons. The van der Waals surface area contributed by atoms with Gasteiger partial charge in [-0.1, -0.05) is 6.07 Å². The van der Waals surface area contributed by atoms with Crippen LogP contribution >= 0.6 is 0 Å². The lowest BCUT2D eigenvalue weighted by Gasteiger charge is -2.30. The van der Waals surface area contributed by atoms with Gasteiger partial charge >= 0.3 is 6.61 Å². The van der Waals surface area contributed by atoms with E-state index in [1.165, 1.54) is 0 Å². The average molecular weight is 414 g/mol. The Morgan fingerprint density at radius 2 is 2.07 bits per heavy atom. The first-order valence-electron chi connectivity index (χ1n) is 10.3. The fraction of sp³-hybridized carbons (Fsp3) is 0.476. The zero-order valence-corrected chi connectivity index (χ0v) is 16.8. The summed E-state index contributed by atoms with van der Waals surface area (Å²) in [6, 6.07) is 5.73. The van der Waals surface area contributed by atoms with E-state index in [2.05, 4.69) is 32.4 Å². The Balaban J connectivity index is 1.51. The number of nitrogens with one attached hydrogen (secondary N) is 1. The predicted octanol–water partition coefficient (Wildman–Crippen LogP) is 3.78. The zero-order chi connectivity index (χ0) is 20.7. The van der Waals surface area contributed by atoms with Crippen molar-refractivity contribution < 1.29 is 13.5 Å². The number of piperidine rings is 1. The van der Waals surface area contributed by atoms with Crippen molar-refractivity contribution in [2.75, 3.05) is 25.5 Å². The number of likely N-dealkylation sites (N-methyl/N-ethyl adjacent to an activating group) is 1. The molecule has 30 heavy (non-hydrogen) atoms. The van der Waals surface area contributed by atoms with Crippen molar-refractivity contribution in [3.63, 3.8) is 0 Å². The first kappa shape index (κ1) is 19.2. The van der Waals surface area contributed by atoms with Crippen LogP contribution in [0.4, 0.5) is 14.7 Å². The largest absolute Gasteiger partial charge is 0.434 e. The number of ether oxygens (including phenoxy) is 1. The van der Waals surface area contributed by atoms with Crippen LogP contribution < -0.4 is 10.1 Å². The summed E-state index contributed by atoms with van der Waals surface area (Å²) in [5.41, 5.74) is 2.67. The third-order valence-corrected chi connectivity index (χ3v) is 5.84. The highest BCUT2D eigenvalue weighted by Crippen LogP contribution is 2.43. The minimum Gasteiger partial charge on any atom is -0.434 e. The second-order valence-electron chi connectivity index (χ2n) is 8.18. The van der Waals surface area contributed by atoms with Gasteiger partial charge in [-0.15, -0.1) is 10.2 Å². The Morgan fingerprint density at radius 1 is 1.20 bits per heavy atom. The standard InChI is InChI=1S/C21H24F2N6O/c1-28-8-2-3-15(11-28)25-21-27-26-19(17-10-24-12-29(17)21)16-7-6-14(13-4-5-13)9-18(16)30-20(22)23/h6-7,9-10,12-13,15,20H,2-5,8,11H2,1H3,(H,25,27)/t15-/m1/s1. The van der Waals surface area contributed by atoms with E-state index in [0.717, 1.165) is 44.3 Å². The molecule has 1 aromatic carbocycles. The number of alkyl halides is 2. The summed E-state index contributed by atoms with van der Waals surface area (Å²) in [4.78, 5) is 6.53. The van der Waals surface area contributed by atoms with E-state index < -0.39 is 6.61 Å². The molecule has 1 aliphatic heterocycles. The number of hydrogen-bond acceptors (Lipinski definition) is 6. The lowest BCUT2D eigenvalue weighted by molar-refractivity contribution is -0.0495. The first-order valence-corrected chi connectivity index (χ1v) is 10.3. The smallest absolute Gasteiger partial charge is 0.387 e. The van der Waals surface area contributed by atoms with E-state index in [1.807, 2.05) is 10.5 Å². The van der Waals surface area contributed by atoms with Crippen molar-refractivity contribution in [2.24, 2.45) is 0 Å². The third kappa shape index (κ3) is 3.81. The van der Waals surface area contributed by atoms with Gasteiger partial charge in [0.2, 0.25) is 5.95 Å². The molecule has 0 spiro atoms. The van der Waals surface area contributed by atoms with Gasteiger partial charge in [-0.2, -0.15) is 8.78 Å². The lowest BCUT2D eigenvalue weighted by Crippen LogP contribution is -2.40. The summed E-state index contributed by atoms with van der Waals surface area (Å²) in [5.74, 6) is 1.15. The molecule has 0 radical (unpaired) electrons. The van der Waals surface area contributed by atoms with Crippen molar-refractivity contribution in [3.05, 3.63) is 36.3 Å². The highest BCUT2D eigenvalue weighted by molar-refractivity contribution is 5.81. The molecule has 7 nitrogen and oxygen atoms in total. The van der Waals surface area contributed by atoms with Crippen LogP contribution in [0.3, 0.4) is 0 Å². The van der Waals surface area contributed by atoms with E-state index in [9.17, 15) is 8.78 Å². The van der Waals surface area contributed by atoms with Crippen molar-refractivity contribution in [1.82, 2.24) is 24.5 Å². The molecule has 0 bridgehead atoms. The molecule has 3 aromatic rings. The van der Waals surface area contributed by atoms with Gasteiger partial charge in [0, 0.05) is 18.2 Å². The highest BCUT2D eigenvalue weighted by atomic mass is 19.3. The lowest BCUT2D eigenvalue weighted by atomic mass is 10.0. The molecule has 1 atom stereocenters. The number of aromatic nitrogens is 4. The van der Waals surface area contributed by atoms with Crippen LogP contribution in [0.15, 0.2) is 30.7 Å². The molecule has 0 amide bonds. The average Bonchev–Trinajstić information content (AvgIpc) is 3.44. The molecule has 2 aromatic heterocycles. The number of benzene rings is 1. The minimum absolute atomic E-state index is 0.126. The van der Waals surface area contributed by atoms with E-state index in [-0.39, 0.29) is 11.8 Å². The van der Waals surface area contributed by atoms with Crippen LogP contribution in [-0.4, -0.2) is 57.3 Å². The van der Waals surface area contributed by atoms with Gasteiger partial charge in [-0.05, 0) is 62.9 Å². The van der Waals surface area contributed by atoms with Gasteiger partial charge in [0.15, 0.2) is 0 Å². The molecular formula is C21H24F2N6O. The number of imidazole rings is 1. The predicted molar refractivity (Wildman–Crippen MR) is 109 cm³/mol. The molecule has 2 fully saturated rings. The van der Waals surface area contributed by atoms with Crippen molar-refractivity contribution in [3.8, 4) is 17.0 Å². The van der Waals surface area contributed by atoms with Gasteiger partial charge < -0.3 is 15.0 Å². The maximum absolute atomic E-state index is 13.1. The molecule has 9 heteroatoms. The first-order chi connectivity index (χ1) is 14.6. The van der Waals surface area contributed by atoms with Crippen LogP contribution in [0.5, 0.6) is 5.75 Å². The molecule has 2 aliphatic rings. The van der Waals surface area contributed by atoms with Crippen molar-refractivity contribution in [1.29, 1.82) is 0 Å². The second-order valence-corrected chi connectivity index (χ2v) is 8.18. The molecule has 1 N–H and O–H groups in total. The van der Waals surface area contributed by atoms with E-state index in [4.69, 9.17) is 4.74 Å². The van der Waals surface area contributed by atoms with Crippen LogP contribution in [-0.2, 0) is 0 Å². The van der Waals surface area contributed by atoms with Crippen molar-refractivity contribution in [2.45, 2.75) is 44.3 Å². The molecule has 3 heterocycles. The van der Waals surface area contributed by atoms with Gasteiger partial charge in [0.05, 0.1) is 11.7 Å². The summed E-state index contributed by atoms with van der Waals surface area (Å²) < 4.78 is 32.8. The van der Waals surface area contributed by atoms with Gasteiger partial charge in [0.1, 0.15) is 17.8 Å². The van der Waals surface area contributed by atoms with E-state index in [0.29, 0.717) is 28.6 Å². The Hall–Kier alpha value is -2.81. The molecule has 1 saturated heterocycles. The zero-order valence-electron chi connectivity index (χ0n) is 16.8.